The first-order valence-electron chi connectivity index (χ1n) is 7.50. The molecule has 2 N–H and O–H groups in total. The van der Waals surface area contributed by atoms with E-state index in [1.165, 1.54) is 0 Å². The predicted octanol–water partition coefficient (Wildman–Crippen LogP) is 0.995. The molecule has 0 spiro atoms. The summed E-state index contributed by atoms with van der Waals surface area (Å²) in [6.45, 7) is 9.85. The second kappa shape index (κ2) is 7.07. The molecular formula is C15H29N3O2. The maximum Gasteiger partial charge on any atom is 0.244 e. The average Bonchev–Trinajstić information content (AvgIpc) is 2.37. The molecule has 1 rings (SSSR count). The Balaban J connectivity index is 2.54. The van der Waals surface area contributed by atoms with Gasteiger partial charge in [0.05, 0.1) is 0 Å². The minimum atomic E-state index is -0.467. The molecule has 0 saturated carbocycles. The van der Waals surface area contributed by atoms with Crippen molar-refractivity contribution in [2.24, 2.45) is 11.3 Å². The van der Waals surface area contributed by atoms with Crippen molar-refractivity contribution in [1.29, 1.82) is 0 Å². The Bertz CT molecular complexity index is 348. The fourth-order valence-corrected chi connectivity index (χ4v) is 2.47. The number of hydrogen-bond donors (Lipinski definition) is 2. The number of carbonyl (C=O) groups excluding carboxylic acids is 2. The van der Waals surface area contributed by atoms with E-state index >= 15 is 0 Å². The molecule has 0 aromatic rings. The van der Waals surface area contributed by atoms with Crippen LogP contribution >= 0.6 is 0 Å². The summed E-state index contributed by atoms with van der Waals surface area (Å²) in [5.41, 5.74) is -0.467. The summed E-state index contributed by atoms with van der Waals surface area (Å²) in [7, 11) is 1.94. The Morgan fingerprint density at radius 1 is 1.35 bits per heavy atom. The van der Waals surface area contributed by atoms with Crippen LogP contribution < -0.4 is 10.6 Å². The van der Waals surface area contributed by atoms with Gasteiger partial charge in [-0.2, -0.15) is 0 Å². The summed E-state index contributed by atoms with van der Waals surface area (Å²) in [4.78, 5) is 26.2. The lowest BCUT2D eigenvalue weighted by atomic mass is 9.95. The zero-order chi connectivity index (χ0) is 15.3. The summed E-state index contributed by atoms with van der Waals surface area (Å²) in [6, 6.07) is -0.449. The molecule has 0 aliphatic carbocycles. The lowest BCUT2D eigenvalue weighted by Crippen LogP contribution is -2.52. The van der Waals surface area contributed by atoms with Gasteiger partial charge in [-0.1, -0.05) is 20.8 Å². The van der Waals surface area contributed by atoms with E-state index in [4.69, 9.17) is 0 Å². The van der Waals surface area contributed by atoms with E-state index in [1.54, 1.807) is 6.92 Å². The molecule has 2 atom stereocenters. The maximum absolute atomic E-state index is 12.4. The van der Waals surface area contributed by atoms with Gasteiger partial charge in [-0.05, 0) is 39.3 Å². The number of carbonyl (C=O) groups is 2. The number of amides is 2. The Kier molecular flexibility index (Phi) is 5.99. The molecule has 1 aliphatic rings. The first kappa shape index (κ1) is 17.0. The Morgan fingerprint density at radius 3 is 2.55 bits per heavy atom. The highest BCUT2D eigenvalue weighted by Crippen LogP contribution is 2.17. The SMILES string of the molecule is CNCC1CCCN(C(=O)C(C)NC(=O)C(C)(C)C)C1. The lowest BCUT2D eigenvalue weighted by molar-refractivity contribution is -0.139. The molecule has 20 heavy (non-hydrogen) atoms. The third kappa shape index (κ3) is 4.78. The smallest absolute Gasteiger partial charge is 0.244 e. The highest BCUT2D eigenvalue weighted by Gasteiger charge is 2.29. The number of likely N-dealkylation sites (tertiary alicyclic amines) is 1. The molecule has 5 nitrogen and oxygen atoms in total. The monoisotopic (exact) mass is 283 g/mol. The van der Waals surface area contributed by atoms with Crippen molar-refractivity contribution in [3.8, 4) is 0 Å². The summed E-state index contributed by atoms with van der Waals surface area (Å²) in [5, 5.41) is 5.99. The van der Waals surface area contributed by atoms with Gasteiger partial charge in [0.2, 0.25) is 11.8 Å². The topological polar surface area (TPSA) is 61.4 Å². The van der Waals surface area contributed by atoms with Crippen LogP contribution in [0.3, 0.4) is 0 Å². The summed E-state index contributed by atoms with van der Waals surface area (Å²) in [6.07, 6.45) is 2.20. The van der Waals surface area contributed by atoms with E-state index in [2.05, 4.69) is 10.6 Å². The molecule has 2 unspecified atom stereocenters. The third-order valence-electron chi connectivity index (χ3n) is 3.72. The molecule has 0 aromatic carbocycles. The zero-order valence-electron chi connectivity index (χ0n) is 13.5. The van der Waals surface area contributed by atoms with E-state index in [0.717, 1.165) is 32.5 Å². The molecular weight excluding hydrogens is 254 g/mol. The van der Waals surface area contributed by atoms with Crippen molar-refractivity contribution in [1.82, 2.24) is 15.5 Å². The van der Waals surface area contributed by atoms with Crippen molar-refractivity contribution < 1.29 is 9.59 Å². The molecule has 5 heteroatoms. The van der Waals surface area contributed by atoms with Crippen molar-refractivity contribution >= 4 is 11.8 Å². The minimum absolute atomic E-state index is 0.0309. The molecule has 0 aromatic heterocycles. The van der Waals surface area contributed by atoms with Crippen LogP contribution in [-0.4, -0.2) is 49.4 Å². The Morgan fingerprint density at radius 2 is 2.00 bits per heavy atom. The minimum Gasteiger partial charge on any atom is -0.344 e. The van der Waals surface area contributed by atoms with Gasteiger partial charge in [-0.3, -0.25) is 9.59 Å². The number of hydrogen-bond acceptors (Lipinski definition) is 3. The van der Waals surface area contributed by atoms with Gasteiger partial charge in [0.15, 0.2) is 0 Å². The van der Waals surface area contributed by atoms with Crippen LogP contribution in [0.4, 0.5) is 0 Å². The number of rotatable bonds is 4. The maximum atomic E-state index is 12.4. The molecule has 1 heterocycles. The molecule has 1 saturated heterocycles. The van der Waals surface area contributed by atoms with Gasteiger partial charge in [-0.25, -0.2) is 0 Å². The second-order valence-corrected chi connectivity index (χ2v) is 6.80. The van der Waals surface area contributed by atoms with Crippen molar-refractivity contribution in [3.05, 3.63) is 0 Å². The predicted molar refractivity (Wildman–Crippen MR) is 80.3 cm³/mol. The Hall–Kier alpha value is -1.10. The third-order valence-corrected chi connectivity index (χ3v) is 3.72. The molecule has 116 valence electrons. The molecule has 1 aliphatic heterocycles. The number of nitrogens with zero attached hydrogens (tertiary/aromatic N) is 1. The highest BCUT2D eigenvalue weighted by atomic mass is 16.2. The number of piperidine rings is 1. The zero-order valence-corrected chi connectivity index (χ0v) is 13.5. The van der Waals surface area contributed by atoms with Crippen LogP contribution in [0, 0.1) is 11.3 Å². The van der Waals surface area contributed by atoms with E-state index in [9.17, 15) is 9.59 Å². The highest BCUT2D eigenvalue weighted by molar-refractivity contribution is 5.89. The fraction of sp³-hybridized carbons (Fsp3) is 0.867. The lowest BCUT2D eigenvalue weighted by Gasteiger charge is -2.34. The van der Waals surface area contributed by atoms with Gasteiger partial charge in [0, 0.05) is 18.5 Å². The van der Waals surface area contributed by atoms with Crippen LogP contribution in [-0.2, 0) is 9.59 Å². The quantitative estimate of drug-likeness (QED) is 0.809. The van der Waals surface area contributed by atoms with Gasteiger partial charge in [-0.15, -0.1) is 0 Å². The van der Waals surface area contributed by atoms with Crippen LogP contribution in [0.2, 0.25) is 0 Å². The summed E-state index contributed by atoms with van der Waals surface area (Å²) >= 11 is 0. The van der Waals surface area contributed by atoms with Gasteiger partial charge in [0.25, 0.3) is 0 Å². The molecule has 1 fully saturated rings. The van der Waals surface area contributed by atoms with Crippen molar-refractivity contribution in [2.45, 2.75) is 46.6 Å². The standard InChI is InChI=1S/C15H29N3O2/c1-11(17-14(20)15(2,3)4)13(19)18-8-6-7-12(10-18)9-16-5/h11-12,16H,6-10H2,1-5H3,(H,17,20). The first-order valence-corrected chi connectivity index (χ1v) is 7.50. The molecule has 0 radical (unpaired) electrons. The van der Waals surface area contributed by atoms with E-state index in [-0.39, 0.29) is 11.8 Å². The second-order valence-electron chi connectivity index (χ2n) is 6.80. The Labute approximate surface area is 122 Å². The number of nitrogens with one attached hydrogen (secondary N) is 2. The van der Waals surface area contributed by atoms with Crippen molar-refractivity contribution in [2.75, 3.05) is 26.7 Å². The first-order chi connectivity index (χ1) is 9.25. The normalized spacial score (nSPS) is 21.4. The van der Waals surface area contributed by atoms with Gasteiger partial charge >= 0.3 is 0 Å². The van der Waals surface area contributed by atoms with Crippen LogP contribution in [0.1, 0.15) is 40.5 Å². The van der Waals surface area contributed by atoms with Crippen LogP contribution in [0.5, 0.6) is 0 Å². The molecule has 0 bridgehead atoms. The van der Waals surface area contributed by atoms with Crippen molar-refractivity contribution in [3.63, 3.8) is 0 Å². The summed E-state index contributed by atoms with van der Waals surface area (Å²) in [5.74, 6) is 0.466. The van der Waals surface area contributed by atoms with Crippen LogP contribution in [0.25, 0.3) is 0 Å². The van der Waals surface area contributed by atoms with E-state index in [0.29, 0.717) is 5.92 Å². The largest absolute Gasteiger partial charge is 0.344 e. The van der Waals surface area contributed by atoms with E-state index < -0.39 is 11.5 Å². The summed E-state index contributed by atoms with van der Waals surface area (Å²) < 4.78 is 0. The average molecular weight is 283 g/mol. The molecule has 2 amide bonds. The van der Waals surface area contributed by atoms with Gasteiger partial charge in [0.1, 0.15) is 6.04 Å². The van der Waals surface area contributed by atoms with Crippen LogP contribution in [0.15, 0.2) is 0 Å². The van der Waals surface area contributed by atoms with Gasteiger partial charge < -0.3 is 15.5 Å². The van der Waals surface area contributed by atoms with E-state index in [1.807, 2.05) is 32.7 Å². The fourth-order valence-electron chi connectivity index (χ4n) is 2.47.